The lowest BCUT2D eigenvalue weighted by molar-refractivity contribution is 0.537. The average molecular weight is 285 g/mol. The van der Waals surface area contributed by atoms with Crippen LogP contribution in [0.1, 0.15) is 42.1 Å². The molecule has 0 saturated heterocycles. The molecule has 1 aromatic heterocycles. The van der Waals surface area contributed by atoms with E-state index in [0.29, 0.717) is 5.92 Å². The number of hydrogen-bond donors (Lipinski definition) is 1. The molecule has 2 rings (SSSR count). The fourth-order valence-corrected chi connectivity index (χ4v) is 2.45. The van der Waals surface area contributed by atoms with Gasteiger partial charge in [0.25, 0.3) is 0 Å². The van der Waals surface area contributed by atoms with E-state index < -0.39 is 0 Å². The van der Waals surface area contributed by atoms with Gasteiger partial charge in [0.05, 0.1) is 5.69 Å². The van der Waals surface area contributed by atoms with E-state index in [1.54, 1.807) is 0 Å². The Morgan fingerprint density at radius 1 is 1.14 bits per heavy atom. The van der Waals surface area contributed by atoms with Crippen LogP contribution in [0.15, 0.2) is 24.4 Å². The van der Waals surface area contributed by atoms with Crippen LogP contribution < -0.4 is 5.32 Å². The zero-order valence-corrected chi connectivity index (χ0v) is 13.9. The Hall–Kier alpha value is -1.61. The van der Waals surface area contributed by atoms with Crippen molar-refractivity contribution in [3.8, 4) is 0 Å². The minimum absolute atomic E-state index is 0.669. The molecule has 1 N–H and O–H groups in total. The van der Waals surface area contributed by atoms with Gasteiger partial charge < -0.3 is 9.88 Å². The lowest BCUT2D eigenvalue weighted by Crippen LogP contribution is -2.21. The van der Waals surface area contributed by atoms with Crippen LogP contribution in [-0.2, 0) is 13.1 Å². The van der Waals surface area contributed by atoms with Gasteiger partial charge >= 0.3 is 0 Å². The maximum absolute atomic E-state index is 4.47. The molecule has 21 heavy (non-hydrogen) atoms. The van der Waals surface area contributed by atoms with Gasteiger partial charge in [0.15, 0.2) is 0 Å². The third-order valence-corrected chi connectivity index (χ3v) is 3.91. The normalized spacial score (nSPS) is 11.3. The Labute approximate surface area is 128 Å². The fraction of sp³-hybridized carbons (Fsp3) is 0.500. The van der Waals surface area contributed by atoms with Crippen LogP contribution >= 0.6 is 0 Å². The molecule has 0 saturated carbocycles. The van der Waals surface area contributed by atoms with E-state index in [-0.39, 0.29) is 0 Å². The maximum atomic E-state index is 4.47. The number of hydrogen-bond acceptors (Lipinski definition) is 2. The number of imidazole rings is 1. The van der Waals surface area contributed by atoms with E-state index >= 15 is 0 Å². The van der Waals surface area contributed by atoms with E-state index in [2.05, 4.69) is 67.7 Å². The summed E-state index contributed by atoms with van der Waals surface area (Å²) >= 11 is 0. The van der Waals surface area contributed by atoms with Crippen molar-refractivity contribution >= 4 is 0 Å². The number of aromatic nitrogens is 2. The molecule has 3 nitrogen and oxygen atoms in total. The van der Waals surface area contributed by atoms with E-state index in [0.717, 1.165) is 25.5 Å². The monoisotopic (exact) mass is 285 g/mol. The number of aryl methyl sites for hydroxylation is 3. The molecule has 2 aromatic rings. The molecule has 0 bridgehead atoms. The molecule has 0 fully saturated rings. The molecule has 0 spiro atoms. The summed E-state index contributed by atoms with van der Waals surface area (Å²) in [5.74, 6) is 1.75. The SMILES string of the molecule is Cc1ccc(Cn2c(CNCC(C)C)cnc2C)cc1C. The van der Waals surface area contributed by atoms with Gasteiger partial charge in [-0.2, -0.15) is 0 Å². The van der Waals surface area contributed by atoms with Crippen molar-refractivity contribution in [3.63, 3.8) is 0 Å². The minimum atomic E-state index is 0.669. The van der Waals surface area contributed by atoms with Crippen molar-refractivity contribution < 1.29 is 0 Å². The third kappa shape index (κ3) is 4.18. The highest BCUT2D eigenvalue weighted by Crippen LogP contribution is 2.14. The van der Waals surface area contributed by atoms with Crippen LogP contribution in [0.3, 0.4) is 0 Å². The van der Waals surface area contributed by atoms with Crippen LogP contribution in [0.4, 0.5) is 0 Å². The molecule has 1 heterocycles. The second-order valence-electron chi connectivity index (χ2n) is 6.33. The van der Waals surface area contributed by atoms with Crippen molar-refractivity contribution in [1.82, 2.24) is 14.9 Å². The molecule has 0 amide bonds. The predicted octanol–water partition coefficient (Wildman–Crippen LogP) is 3.60. The first kappa shape index (κ1) is 15.8. The highest BCUT2D eigenvalue weighted by Gasteiger charge is 2.08. The Balaban J connectivity index is 2.11. The van der Waals surface area contributed by atoms with Gasteiger partial charge in [0.1, 0.15) is 5.82 Å². The summed E-state index contributed by atoms with van der Waals surface area (Å²) in [6.45, 7) is 13.7. The van der Waals surface area contributed by atoms with Gasteiger partial charge in [-0.1, -0.05) is 32.0 Å². The standard InChI is InChI=1S/C18H27N3/c1-13(2)9-19-10-18-11-20-16(5)21(18)12-17-7-6-14(3)15(4)8-17/h6-8,11,13,19H,9-10,12H2,1-5H3. The molecule has 0 atom stereocenters. The van der Waals surface area contributed by atoms with Gasteiger partial charge in [0.2, 0.25) is 0 Å². The Kier molecular flexibility index (Phi) is 5.18. The van der Waals surface area contributed by atoms with E-state index in [9.17, 15) is 0 Å². The van der Waals surface area contributed by atoms with Crippen molar-refractivity contribution in [1.29, 1.82) is 0 Å². The molecule has 114 valence electrons. The van der Waals surface area contributed by atoms with Gasteiger partial charge in [0, 0.05) is 19.3 Å². The highest BCUT2D eigenvalue weighted by atomic mass is 15.1. The quantitative estimate of drug-likeness (QED) is 0.879. The Morgan fingerprint density at radius 2 is 1.90 bits per heavy atom. The van der Waals surface area contributed by atoms with Crippen molar-refractivity contribution in [2.75, 3.05) is 6.54 Å². The van der Waals surface area contributed by atoms with E-state index in [4.69, 9.17) is 0 Å². The molecule has 0 unspecified atom stereocenters. The molecule has 1 aromatic carbocycles. The molecule has 3 heteroatoms. The summed E-state index contributed by atoms with van der Waals surface area (Å²) in [4.78, 5) is 4.47. The highest BCUT2D eigenvalue weighted by molar-refractivity contribution is 5.30. The molecule has 0 aliphatic carbocycles. The lowest BCUT2D eigenvalue weighted by Gasteiger charge is -2.13. The molecule has 0 radical (unpaired) electrons. The van der Waals surface area contributed by atoms with Crippen molar-refractivity contribution in [2.24, 2.45) is 5.92 Å². The number of rotatable bonds is 6. The van der Waals surface area contributed by atoms with Crippen LogP contribution in [0.2, 0.25) is 0 Å². The summed E-state index contributed by atoms with van der Waals surface area (Å²) in [6.07, 6.45) is 1.99. The van der Waals surface area contributed by atoms with E-state index in [1.807, 2.05) is 6.20 Å². The molecule has 0 aliphatic heterocycles. The first-order chi connectivity index (χ1) is 9.97. The lowest BCUT2D eigenvalue weighted by atomic mass is 10.1. The van der Waals surface area contributed by atoms with Gasteiger partial charge in [-0.3, -0.25) is 0 Å². The van der Waals surface area contributed by atoms with E-state index in [1.165, 1.54) is 22.4 Å². The van der Waals surface area contributed by atoms with Crippen LogP contribution in [0.5, 0.6) is 0 Å². The third-order valence-electron chi connectivity index (χ3n) is 3.91. The second kappa shape index (κ2) is 6.90. The summed E-state index contributed by atoms with van der Waals surface area (Å²) in [5.41, 5.74) is 5.29. The largest absolute Gasteiger partial charge is 0.327 e. The first-order valence-corrected chi connectivity index (χ1v) is 7.75. The van der Waals surface area contributed by atoms with Crippen LogP contribution in [0, 0.1) is 26.7 Å². The van der Waals surface area contributed by atoms with Gasteiger partial charge in [-0.05, 0) is 49.9 Å². The zero-order chi connectivity index (χ0) is 15.4. The Bertz CT molecular complexity index is 597. The number of benzene rings is 1. The number of nitrogens with one attached hydrogen (secondary N) is 1. The summed E-state index contributed by atoms with van der Waals surface area (Å²) in [7, 11) is 0. The zero-order valence-electron chi connectivity index (χ0n) is 13.9. The topological polar surface area (TPSA) is 29.9 Å². The average Bonchev–Trinajstić information content (AvgIpc) is 2.75. The van der Waals surface area contributed by atoms with Gasteiger partial charge in [-0.25, -0.2) is 4.98 Å². The van der Waals surface area contributed by atoms with Crippen molar-refractivity contribution in [3.05, 3.63) is 52.6 Å². The molecular weight excluding hydrogens is 258 g/mol. The second-order valence-corrected chi connectivity index (χ2v) is 6.33. The number of nitrogens with zero attached hydrogens (tertiary/aromatic N) is 2. The predicted molar refractivity (Wildman–Crippen MR) is 88.5 cm³/mol. The van der Waals surface area contributed by atoms with Crippen LogP contribution in [-0.4, -0.2) is 16.1 Å². The summed E-state index contributed by atoms with van der Waals surface area (Å²) in [5, 5.41) is 3.50. The van der Waals surface area contributed by atoms with Crippen LogP contribution in [0.25, 0.3) is 0 Å². The minimum Gasteiger partial charge on any atom is -0.327 e. The first-order valence-electron chi connectivity index (χ1n) is 7.75. The Morgan fingerprint density at radius 3 is 2.57 bits per heavy atom. The van der Waals surface area contributed by atoms with Crippen molar-refractivity contribution in [2.45, 2.75) is 47.7 Å². The molecule has 0 aliphatic rings. The summed E-state index contributed by atoms with van der Waals surface area (Å²) < 4.78 is 2.30. The molecular formula is C18H27N3. The smallest absolute Gasteiger partial charge is 0.106 e. The fourth-order valence-electron chi connectivity index (χ4n) is 2.45. The maximum Gasteiger partial charge on any atom is 0.106 e. The van der Waals surface area contributed by atoms with Gasteiger partial charge in [-0.15, -0.1) is 0 Å². The summed E-state index contributed by atoms with van der Waals surface area (Å²) in [6, 6.07) is 6.70.